The number of carbonyl (C=O) groups excluding carboxylic acids is 1. The third-order valence-corrected chi connectivity index (χ3v) is 3.84. The lowest BCUT2D eigenvalue weighted by Crippen LogP contribution is -2.25. The summed E-state index contributed by atoms with van der Waals surface area (Å²) in [7, 11) is 0. The molecule has 0 amide bonds. The molecule has 0 fully saturated rings. The monoisotopic (exact) mass is 340 g/mol. The molecule has 0 unspecified atom stereocenters. The van der Waals surface area contributed by atoms with Gasteiger partial charge in [0.05, 0.1) is 11.2 Å². The Morgan fingerprint density at radius 2 is 2.08 bits per heavy atom. The Morgan fingerprint density at radius 3 is 2.68 bits per heavy atom. The van der Waals surface area contributed by atoms with E-state index in [-0.39, 0.29) is 17.7 Å². The molecule has 0 aliphatic heterocycles. The van der Waals surface area contributed by atoms with Crippen molar-refractivity contribution in [1.29, 1.82) is 0 Å². The van der Waals surface area contributed by atoms with Crippen LogP contribution in [0.4, 0.5) is 5.69 Å². The Labute approximate surface area is 147 Å². The van der Waals surface area contributed by atoms with E-state index in [0.29, 0.717) is 22.6 Å². The maximum atomic E-state index is 12.7. The summed E-state index contributed by atoms with van der Waals surface area (Å²) in [5, 5.41) is 8.15. The van der Waals surface area contributed by atoms with Crippen molar-refractivity contribution in [3.8, 4) is 0 Å². The number of aromatic nitrogens is 3. The summed E-state index contributed by atoms with van der Waals surface area (Å²) in [6.07, 6.45) is 3.68. The van der Waals surface area contributed by atoms with Gasteiger partial charge in [-0.05, 0) is 57.3 Å². The van der Waals surface area contributed by atoms with E-state index in [0.717, 1.165) is 18.5 Å². The predicted octanol–water partition coefficient (Wildman–Crippen LogP) is 4.66. The molecule has 0 aliphatic carbocycles. The standard InChI is InChI=1S/C18H24N6O/c1-6-7-14-10-16(22-24(14)18(3,4)5)17(25)9-13-8-15(21-23-19)12(2)20-11-13/h8,10-11H,6-7,9H2,1-5H3. The number of nitrogens with zero attached hydrogens (tertiary/aromatic N) is 6. The van der Waals surface area contributed by atoms with Gasteiger partial charge in [-0.2, -0.15) is 5.10 Å². The third-order valence-electron chi connectivity index (χ3n) is 3.84. The second-order valence-corrected chi connectivity index (χ2v) is 7.09. The SMILES string of the molecule is CCCc1cc(C(=O)Cc2cnc(C)c(N=[N+]=[N-])c2)nn1C(C)(C)C. The molecule has 2 aromatic rings. The molecule has 0 bridgehead atoms. The van der Waals surface area contributed by atoms with Crippen LogP contribution in [0.25, 0.3) is 10.4 Å². The zero-order valence-corrected chi connectivity index (χ0v) is 15.4. The fraction of sp³-hybridized carbons (Fsp3) is 0.500. The molecule has 7 nitrogen and oxygen atoms in total. The van der Waals surface area contributed by atoms with E-state index >= 15 is 0 Å². The van der Waals surface area contributed by atoms with Crippen molar-refractivity contribution in [2.24, 2.45) is 5.11 Å². The molecule has 25 heavy (non-hydrogen) atoms. The topological polar surface area (TPSA) is 96.5 Å². The fourth-order valence-corrected chi connectivity index (χ4v) is 2.66. The maximum Gasteiger partial charge on any atom is 0.187 e. The van der Waals surface area contributed by atoms with E-state index < -0.39 is 0 Å². The first-order valence-corrected chi connectivity index (χ1v) is 8.39. The van der Waals surface area contributed by atoms with E-state index in [1.165, 1.54) is 0 Å². The van der Waals surface area contributed by atoms with Crippen LogP contribution in [-0.2, 0) is 18.4 Å². The molecule has 0 saturated heterocycles. The van der Waals surface area contributed by atoms with Crippen LogP contribution in [0.3, 0.4) is 0 Å². The number of hydrogen-bond donors (Lipinski definition) is 0. The van der Waals surface area contributed by atoms with Gasteiger partial charge in [-0.15, -0.1) is 0 Å². The van der Waals surface area contributed by atoms with E-state index in [2.05, 4.69) is 47.8 Å². The molecule has 0 aromatic carbocycles. The molecule has 0 aliphatic rings. The van der Waals surface area contributed by atoms with Crippen molar-refractivity contribution < 1.29 is 4.79 Å². The fourth-order valence-electron chi connectivity index (χ4n) is 2.66. The number of aryl methyl sites for hydroxylation is 2. The minimum absolute atomic E-state index is 0.0714. The van der Waals surface area contributed by atoms with E-state index in [4.69, 9.17) is 5.53 Å². The quantitative estimate of drug-likeness (QED) is 0.331. The van der Waals surface area contributed by atoms with E-state index in [1.54, 1.807) is 19.2 Å². The van der Waals surface area contributed by atoms with Crippen molar-refractivity contribution >= 4 is 11.5 Å². The highest BCUT2D eigenvalue weighted by Crippen LogP contribution is 2.21. The molecular weight excluding hydrogens is 316 g/mol. The van der Waals surface area contributed by atoms with Crippen LogP contribution >= 0.6 is 0 Å². The average molecular weight is 340 g/mol. The van der Waals surface area contributed by atoms with Gasteiger partial charge in [0.1, 0.15) is 5.69 Å². The zero-order chi connectivity index (χ0) is 18.6. The highest BCUT2D eigenvalue weighted by Gasteiger charge is 2.22. The first kappa shape index (κ1) is 18.7. The first-order valence-electron chi connectivity index (χ1n) is 8.39. The number of pyridine rings is 1. The molecule has 0 radical (unpaired) electrons. The van der Waals surface area contributed by atoms with Crippen LogP contribution in [0.15, 0.2) is 23.4 Å². The lowest BCUT2D eigenvalue weighted by Gasteiger charge is -2.22. The Bertz CT molecular complexity index is 825. The van der Waals surface area contributed by atoms with Gasteiger partial charge < -0.3 is 0 Å². The zero-order valence-electron chi connectivity index (χ0n) is 15.4. The molecule has 0 N–H and O–H groups in total. The summed E-state index contributed by atoms with van der Waals surface area (Å²) in [4.78, 5) is 19.6. The lowest BCUT2D eigenvalue weighted by atomic mass is 10.1. The number of ketones is 1. The Hall–Kier alpha value is -2.66. The Balaban J connectivity index is 2.29. The van der Waals surface area contributed by atoms with Gasteiger partial charge in [0.25, 0.3) is 0 Å². The van der Waals surface area contributed by atoms with Crippen LogP contribution in [0, 0.1) is 6.92 Å². The van der Waals surface area contributed by atoms with E-state index in [9.17, 15) is 4.79 Å². The molecule has 2 rings (SSSR count). The van der Waals surface area contributed by atoms with Crippen LogP contribution < -0.4 is 0 Å². The smallest absolute Gasteiger partial charge is 0.187 e. The Morgan fingerprint density at radius 1 is 1.36 bits per heavy atom. The van der Waals surface area contributed by atoms with Crippen molar-refractivity contribution in [3.05, 3.63) is 51.4 Å². The predicted molar refractivity (Wildman–Crippen MR) is 97.0 cm³/mol. The minimum Gasteiger partial charge on any atom is -0.292 e. The summed E-state index contributed by atoms with van der Waals surface area (Å²) in [6, 6.07) is 3.58. The molecule has 0 saturated carbocycles. The van der Waals surface area contributed by atoms with Crippen molar-refractivity contribution in [2.75, 3.05) is 0 Å². The largest absolute Gasteiger partial charge is 0.292 e. The van der Waals surface area contributed by atoms with Gasteiger partial charge in [-0.3, -0.25) is 14.5 Å². The molecular formula is C18H24N6O. The molecule has 0 spiro atoms. The minimum atomic E-state index is -0.177. The average Bonchev–Trinajstić information content (AvgIpc) is 2.96. The second kappa shape index (κ2) is 7.49. The second-order valence-electron chi connectivity index (χ2n) is 7.09. The number of hydrogen-bond acceptors (Lipinski definition) is 4. The van der Waals surface area contributed by atoms with Crippen molar-refractivity contribution in [3.63, 3.8) is 0 Å². The molecule has 0 atom stereocenters. The van der Waals surface area contributed by atoms with Crippen molar-refractivity contribution in [1.82, 2.24) is 14.8 Å². The van der Waals surface area contributed by atoms with Gasteiger partial charge in [0.2, 0.25) is 0 Å². The normalized spacial score (nSPS) is 11.2. The highest BCUT2D eigenvalue weighted by molar-refractivity contribution is 5.95. The van der Waals surface area contributed by atoms with Gasteiger partial charge in [-0.25, -0.2) is 0 Å². The first-order chi connectivity index (χ1) is 11.8. The number of Topliss-reactive ketones (excluding diaryl/α,β-unsaturated/α-hetero) is 1. The number of azide groups is 1. The van der Waals surface area contributed by atoms with Crippen LogP contribution in [0.1, 0.15) is 61.6 Å². The summed E-state index contributed by atoms with van der Waals surface area (Å²) in [5.74, 6) is -0.0714. The molecule has 2 aromatic heterocycles. The number of carbonyl (C=O) groups is 1. The maximum absolute atomic E-state index is 12.7. The van der Waals surface area contributed by atoms with Crippen LogP contribution in [0.5, 0.6) is 0 Å². The van der Waals surface area contributed by atoms with Gasteiger partial charge >= 0.3 is 0 Å². The summed E-state index contributed by atoms with van der Waals surface area (Å²) in [5.41, 5.74) is 11.7. The van der Waals surface area contributed by atoms with Gasteiger partial charge in [0.15, 0.2) is 5.78 Å². The van der Waals surface area contributed by atoms with Gasteiger partial charge in [0, 0.05) is 28.9 Å². The van der Waals surface area contributed by atoms with Gasteiger partial charge in [-0.1, -0.05) is 18.5 Å². The Kier molecular flexibility index (Phi) is 5.59. The van der Waals surface area contributed by atoms with E-state index in [1.807, 2.05) is 10.7 Å². The summed E-state index contributed by atoms with van der Waals surface area (Å²) in [6.45, 7) is 10.1. The highest BCUT2D eigenvalue weighted by atomic mass is 16.1. The molecule has 2 heterocycles. The van der Waals surface area contributed by atoms with Crippen LogP contribution in [0.2, 0.25) is 0 Å². The van der Waals surface area contributed by atoms with Crippen LogP contribution in [-0.4, -0.2) is 20.5 Å². The third kappa shape index (κ3) is 4.45. The summed E-state index contributed by atoms with van der Waals surface area (Å²) < 4.78 is 1.93. The lowest BCUT2D eigenvalue weighted by molar-refractivity contribution is 0.0986. The molecule has 7 heteroatoms. The van der Waals surface area contributed by atoms with Crippen molar-refractivity contribution in [2.45, 2.75) is 59.4 Å². The summed E-state index contributed by atoms with van der Waals surface area (Å²) >= 11 is 0. The molecule has 132 valence electrons. The number of rotatable bonds is 6.